The summed E-state index contributed by atoms with van der Waals surface area (Å²) in [5.74, 6) is 2.70. The summed E-state index contributed by atoms with van der Waals surface area (Å²) in [5.41, 5.74) is 3.61. The SMILES string of the molecule is CCC(C)c1ccc(OCCCn2c(CCCCCNC(=O)C3CCCO3)nc3ccccc32)cc1. The summed E-state index contributed by atoms with van der Waals surface area (Å²) in [7, 11) is 0. The number of aryl methyl sites for hydroxylation is 2. The van der Waals surface area contributed by atoms with Gasteiger partial charge in [-0.2, -0.15) is 0 Å². The lowest BCUT2D eigenvalue weighted by atomic mass is 9.99. The predicted molar refractivity (Wildman–Crippen MR) is 145 cm³/mol. The smallest absolute Gasteiger partial charge is 0.249 e. The maximum atomic E-state index is 12.1. The fourth-order valence-corrected chi connectivity index (χ4v) is 4.80. The highest BCUT2D eigenvalue weighted by atomic mass is 16.5. The third-order valence-corrected chi connectivity index (χ3v) is 7.19. The van der Waals surface area contributed by atoms with E-state index in [2.05, 4.69) is 66.2 Å². The quantitative estimate of drug-likeness (QED) is 0.280. The average Bonchev–Trinajstić information content (AvgIpc) is 3.57. The van der Waals surface area contributed by atoms with E-state index in [1.807, 2.05) is 6.07 Å². The van der Waals surface area contributed by atoms with Crippen LogP contribution in [0.15, 0.2) is 48.5 Å². The Kier molecular flexibility index (Phi) is 9.79. The first kappa shape index (κ1) is 26.2. The summed E-state index contributed by atoms with van der Waals surface area (Å²) in [5, 5.41) is 3.02. The molecule has 0 radical (unpaired) electrons. The van der Waals surface area contributed by atoms with Crippen molar-refractivity contribution in [3.63, 3.8) is 0 Å². The van der Waals surface area contributed by atoms with E-state index in [-0.39, 0.29) is 12.0 Å². The summed E-state index contributed by atoms with van der Waals surface area (Å²) in [6, 6.07) is 16.9. The Morgan fingerprint density at radius 2 is 1.97 bits per heavy atom. The van der Waals surface area contributed by atoms with E-state index >= 15 is 0 Å². The van der Waals surface area contributed by atoms with Crippen LogP contribution in [0.5, 0.6) is 5.75 Å². The molecule has 2 unspecified atom stereocenters. The second-order valence-electron chi connectivity index (χ2n) is 9.85. The van der Waals surface area contributed by atoms with Crippen LogP contribution < -0.4 is 10.1 Å². The molecule has 0 spiro atoms. The van der Waals surface area contributed by atoms with E-state index in [0.29, 0.717) is 25.7 Å². The van der Waals surface area contributed by atoms with Crippen molar-refractivity contribution in [3.05, 3.63) is 59.9 Å². The number of fused-ring (bicyclic) bond motifs is 1. The first-order valence-electron chi connectivity index (χ1n) is 13.7. The summed E-state index contributed by atoms with van der Waals surface area (Å²) < 4.78 is 13.8. The number of carbonyl (C=O) groups excluding carboxylic acids is 1. The van der Waals surface area contributed by atoms with Crippen molar-refractivity contribution in [1.82, 2.24) is 14.9 Å². The van der Waals surface area contributed by atoms with E-state index < -0.39 is 0 Å². The second-order valence-corrected chi connectivity index (χ2v) is 9.85. The maximum Gasteiger partial charge on any atom is 0.249 e. The van der Waals surface area contributed by atoms with Crippen molar-refractivity contribution in [2.75, 3.05) is 19.8 Å². The highest BCUT2D eigenvalue weighted by molar-refractivity contribution is 5.80. The van der Waals surface area contributed by atoms with Crippen LogP contribution in [-0.4, -0.2) is 41.3 Å². The molecule has 1 aliphatic heterocycles. The first-order valence-corrected chi connectivity index (χ1v) is 13.7. The number of ether oxygens (including phenoxy) is 2. The molecule has 1 fully saturated rings. The molecule has 4 rings (SSSR count). The topological polar surface area (TPSA) is 65.4 Å². The Hall–Kier alpha value is -2.86. The molecule has 0 aliphatic carbocycles. The van der Waals surface area contributed by atoms with Crippen LogP contribution in [0.1, 0.15) is 76.1 Å². The van der Waals surface area contributed by atoms with Gasteiger partial charge in [-0.25, -0.2) is 4.98 Å². The van der Waals surface area contributed by atoms with Gasteiger partial charge in [0.15, 0.2) is 0 Å². The number of benzene rings is 2. The molecule has 1 saturated heterocycles. The summed E-state index contributed by atoms with van der Waals surface area (Å²) in [6.07, 6.45) is 7.69. The molecule has 6 heteroatoms. The van der Waals surface area contributed by atoms with E-state index in [9.17, 15) is 4.79 Å². The second kappa shape index (κ2) is 13.4. The van der Waals surface area contributed by atoms with Gasteiger partial charge in [0.2, 0.25) is 5.91 Å². The number of rotatable bonds is 14. The van der Waals surface area contributed by atoms with Gasteiger partial charge in [-0.3, -0.25) is 4.79 Å². The highest BCUT2D eigenvalue weighted by Crippen LogP contribution is 2.22. The van der Waals surface area contributed by atoms with Gasteiger partial charge >= 0.3 is 0 Å². The fraction of sp³-hybridized carbons (Fsp3) is 0.533. The number of aromatic nitrogens is 2. The molecule has 2 heterocycles. The first-order chi connectivity index (χ1) is 17.7. The number of imidazole rings is 1. The largest absolute Gasteiger partial charge is 0.494 e. The van der Waals surface area contributed by atoms with Crippen molar-refractivity contribution in [1.29, 1.82) is 0 Å². The Morgan fingerprint density at radius 1 is 1.14 bits per heavy atom. The molecule has 1 aromatic heterocycles. The van der Waals surface area contributed by atoms with Gasteiger partial charge in [0.1, 0.15) is 17.7 Å². The minimum absolute atomic E-state index is 0.0444. The Bertz CT molecular complexity index is 1090. The minimum Gasteiger partial charge on any atom is -0.494 e. The van der Waals surface area contributed by atoms with Gasteiger partial charge in [0.05, 0.1) is 17.6 Å². The monoisotopic (exact) mass is 491 g/mol. The maximum absolute atomic E-state index is 12.1. The van der Waals surface area contributed by atoms with Crippen LogP contribution in [0.2, 0.25) is 0 Å². The predicted octanol–water partition coefficient (Wildman–Crippen LogP) is 6.03. The normalized spacial score (nSPS) is 16.3. The van der Waals surface area contributed by atoms with E-state index in [1.54, 1.807) is 0 Å². The molecule has 2 aromatic carbocycles. The van der Waals surface area contributed by atoms with E-state index in [0.717, 1.165) is 75.0 Å². The summed E-state index contributed by atoms with van der Waals surface area (Å²) in [6.45, 7) is 7.46. The lowest BCUT2D eigenvalue weighted by molar-refractivity contribution is -0.130. The number of nitrogens with zero attached hydrogens (tertiary/aromatic N) is 2. The Labute approximate surface area is 215 Å². The number of hydrogen-bond acceptors (Lipinski definition) is 4. The van der Waals surface area contributed by atoms with Crippen LogP contribution in [0, 0.1) is 0 Å². The number of unbranched alkanes of at least 4 members (excludes halogenated alkanes) is 2. The number of amides is 1. The van der Waals surface area contributed by atoms with Gasteiger partial charge < -0.3 is 19.4 Å². The Morgan fingerprint density at radius 3 is 2.75 bits per heavy atom. The van der Waals surface area contributed by atoms with Crippen LogP contribution in [0.3, 0.4) is 0 Å². The summed E-state index contributed by atoms with van der Waals surface area (Å²) >= 11 is 0. The van der Waals surface area contributed by atoms with E-state index in [4.69, 9.17) is 14.5 Å². The molecule has 0 saturated carbocycles. The zero-order valence-corrected chi connectivity index (χ0v) is 21.9. The van der Waals surface area contributed by atoms with Crippen LogP contribution in [0.4, 0.5) is 0 Å². The number of carbonyl (C=O) groups is 1. The molecule has 6 nitrogen and oxygen atoms in total. The third-order valence-electron chi connectivity index (χ3n) is 7.19. The van der Waals surface area contributed by atoms with Crippen LogP contribution in [0.25, 0.3) is 11.0 Å². The van der Waals surface area contributed by atoms with Crippen molar-refractivity contribution in [3.8, 4) is 5.75 Å². The zero-order chi connectivity index (χ0) is 25.2. The molecule has 0 bridgehead atoms. The molecule has 1 amide bonds. The van der Waals surface area contributed by atoms with E-state index in [1.165, 1.54) is 11.1 Å². The number of para-hydroxylation sites is 2. The molecule has 3 aromatic rings. The van der Waals surface area contributed by atoms with Crippen molar-refractivity contribution in [2.45, 2.75) is 83.8 Å². The zero-order valence-electron chi connectivity index (χ0n) is 21.9. The van der Waals surface area contributed by atoms with Gasteiger partial charge in [0.25, 0.3) is 0 Å². The minimum atomic E-state index is -0.238. The Balaban J connectivity index is 1.22. The van der Waals surface area contributed by atoms with Crippen molar-refractivity contribution >= 4 is 16.9 Å². The van der Waals surface area contributed by atoms with Crippen LogP contribution in [-0.2, 0) is 22.5 Å². The summed E-state index contributed by atoms with van der Waals surface area (Å²) in [4.78, 5) is 17.0. The van der Waals surface area contributed by atoms with Gasteiger partial charge in [-0.15, -0.1) is 0 Å². The third kappa shape index (κ3) is 7.10. The van der Waals surface area contributed by atoms with Gasteiger partial charge in [-0.1, -0.05) is 44.5 Å². The molecule has 36 heavy (non-hydrogen) atoms. The molecular weight excluding hydrogens is 450 g/mol. The lowest BCUT2D eigenvalue weighted by Gasteiger charge is -2.12. The lowest BCUT2D eigenvalue weighted by Crippen LogP contribution is -2.34. The van der Waals surface area contributed by atoms with Gasteiger partial charge in [-0.05, 0) is 74.3 Å². The number of hydrogen-bond donors (Lipinski definition) is 1. The molecule has 2 atom stereocenters. The number of nitrogens with one attached hydrogen (secondary N) is 1. The molecule has 1 N–H and O–H groups in total. The van der Waals surface area contributed by atoms with Crippen molar-refractivity contribution < 1.29 is 14.3 Å². The molecular formula is C30H41N3O3. The molecule has 1 aliphatic rings. The molecule has 194 valence electrons. The van der Waals surface area contributed by atoms with Gasteiger partial charge in [0, 0.05) is 26.1 Å². The standard InChI is InChI=1S/C30H41N3O3/c1-3-23(2)24-15-17-25(18-16-24)35-22-10-20-33-27-12-7-6-11-26(27)32-29(33)14-5-4-8-19-31-30(34)28-13-9-21-36-28/h6-7,11-12,15-18,23,28H,3-5,8-10,13-14,19-22H2,1-2H3,(H,31,34). The highest BCUT2D eigenvalue weighted by Gasteiger charge is 2.22. The van der Waals surface area contributed by atoms with Crippen molar-refractivity contribution in [2.24, 2.45) is 0 Å². The average molecular weight is 492 g/mol. The van der Waals surface area contributed by atoms with Crippen LogP contribution >= 0.6 is 0 Å². The fourth-order valence-electron chi connectivity index (χ4n) is 4.80.